The molecule has 0 unspecified atom stereocenters. The van der Waals surface area contributed by atoms with Crippen molar-refractivity contribution in [3.05, 3.63) is 0 Å². The van der Waals surface area contributed by atoms with Crippen LogP contribution in [0.2, 0.25) is 0 Å². The summed E-state index contributed by atoms with van der Waals surface area (Å²) in [4.78, 5) is 0. The van der Waals surface area contributed by atoms with Gasteiger partial charge in [0.05, 0.1) is 3.55 Å². The minimum atomic E-state index is 0.252. The van der Waals surface area contributed by atoms with E-state index in [2.05, 4.69) is 62.5 Å². The molecule has 0 aromatic carbocycles. The maximum Gasteiger partial charge on any atom is 0.0648 e. The molecule has 0 rings (SSSR count). The second kappa shape index (κ2) is 6.31. The van der Waals surface area contributed by atoms with Gasteiger partial charge in [-0.25, -0.2) is 0 Å². The molecule has 0 spiro atoms. The predicted molar refractivity (Wildman–Crippen MR) is 74.0 cm³/mol. The lowest BCUT2D eigenvalue weighted by atomic mass is 9.89. The van der Waals surface area contributed by atoms with Crippen molar-refractivity contribution in [2.75, 3.05) is 6.54 Å². The SMILES string of the molecule is CC(C)(C)CCCCCNC(C)(C)I. The van der Waals surface area contributed by atoms with Gasteiger partial charge in [-0.2, -0.15) is 0 Å². The van der Waals surface area contributed by atoms with E-state index < -0.39 is 0 Å². The molecule has 0 aromatic heterocycles. The first-order chi connectivity index (χ1) is 6.21. The van der Waals surface area contributed by atoms with E-state index in [0.29, 0.717) is 5.41 Å². The van der Waals surface area contributed by atoms with Crippen molar-refractivity contribution in [3.63, 3.8) is 0 Å². The average molecular weight is 311 g/mol. The molecule has 0 atom stereocenters. The fourth-order valence-corrected chi connectivity index (χ4v) is 1.61. The van der Waals surface area contributed by atoms with Crippen molar-refractivity contribution >= 4 is 22.6 Å². The van der Waals surface area contributed by atoms with E-state index in [1.165, 1.54) is 25.7 Å². The molecule has 0 aliphatic carbocycles. The standard InChI is InChI=1S/C12H26IN/c1-11(2,3)9-7-6-8-10-14-12(4,5)13/h14H,6-10H2,1-5H3. The van der Waals surface area contributed by atoms with Gasteiger partial charge in [-0.1, -0.05) is 56.2 Å². The van der Waals surface area contributed by atoms with Crippen LogP contribution in [-0.2, 0) is 0 Å². The van der Waals surface area contributed by atoms with E-state index in [9.17, 15) is 0 Å². The molecule has 0 bridgehead atoms. The molecular weight excluding hydrogens is 285 g/mol. The minimum Gasteiger partial charge on any atom is -0.303 e. The summed E-state index contributed by atoms with van der Waals surface area (Å²) in [5.74, 6) is 0. The van der Waals surface area contributed by atoms with Gasteiger partial charge in [0.1, 0.15) is 0 Å². The molecular formula is C12H26IN. The highest BCUT2D eigenvalue weighted by molar-refractivity contribution is 14.1. The molecule has 0 aromatic rings. The topological polar surface area (TPSA) is 12.0 Å². The highest BCUT2D eigenvalue weighted by Gasteiger charge is 2.10. The van der Waals surface area contributed by atoms with E-state index in [0.717, 1.165) is 6.54 Å². The van der Waals surface area contributed by atoms with E-state index in [4.69, 9.17) is 0 Å². The lowest BCUT2D eigenvalue weighted by Gasteiger charge is -2.19. The van der Waals surface area contributed by atoms with Gasteiger partial charge in [-0.15, -0.1) is 0 Å². The lowest BCUT2D eigenvalue weighted by molar-refractivity contribution is 0.356. The summed E-state index contributed by atoms with van der Waals surface area (Å²) >= 11 is 2.44. The molecule has 86 valence electrons. The summed E-state index contributed by atoms with van der Waals surface area (Å²) in [6.45, 7) is 12.5. The zero-order valence-electron chi connectivity index (χ0n) is 10.4. The van der Waals surface area contributed by atoms with Crippen LogP contribution in [0.4, 0.5) is 0 Å². The van der Waals surface area contributed by atoms with E-state index in [1.54, 1.807) is 0 Å². The molecule has 2 heteroatoms. The first-order valence-corrected chi connectivity index (χ1v) is 6.72. The fourth-order valence-electron chi connectivity index (χ4n) is 1.34. The average Bonchev–Trinajstić information content (AvgIpc) is 1.92. The molecule has 0 saturated heterocycles. The third kappa shape index (κ3) is 12.7. The van der Waals surface area contributed by atoms with Crippen molar-refractivity contribution in [2.45, 2.75) is 63.8 Å². The molecule has 0 aliphatic rings. The molecule has 0 amide bonds. The highest BCUT2D eigenvalue weighted by Crippen LogP contribution is 2.22. The molecule has 0 saturated carbocycles. The Hall–Kier alpha value is 0.690. The molecule has 1 N–H and O–H groups in total. The van der Waals surface area contributed by atoms with Crippen LogP contribution in [0.5, 0.6) is 0 Å². The molecule has 0 fully saturated rings. The van der Waals surface area contributed by atoms with Crippen molar-refractivity contribution in [1.29, 1.82) is 0 Å². The summed E-state index contributed by atoms with van der Waals surface area (Å²) < 4.78 is 0.252. The van der Waals surface area contributed by atoms with Gasteiger partial charge in [0.2, 0.25) is 0 Å². The fraction of sp³-hybridized carbons (Fsp3) is 1.00. The van der Waals surface area contributed by atoms with Crippen LogP contribution in [0.3, 0.4) is 0 Å². The largest absolute Gasteiger partial charge is 0.303 e. The maximum atomic E-state index is 3.51. The summed E-state index contributed by atoms with van der Waals surface area (Å²) in [7, 11) is 0. The van der Waals surface area contributed by atoms with Crippen LogP contribution in [0.25, 0.3) is 0 Å². The molecule has 14 heavy (non-hydrogen) atoms. The molecule has 0 radical (unpaired) electrons. The van der Waals surface area contributed by atoms with E-state index >= 15 is 0 Å². The van der Waals surface area contributed by atoms with Crippen LogP contribution in [0.1, 0.15) is 60.3 Å². The molecule has 0 aliphatic heterocycles. The maximum absolute atomic E-state index is 3.51. The van der Waals surface area contributed by atoms with Crippen molar-refractivity contribution < 1.29 is 0 Å². The molecule has 0 heterocycles. The van der Waals surface area contributed by atoms with Crippen LogP contribution >= 0.6 is 22.6 Å². The minimum absolute atomic E-state index is 0.252. The monoisotopic (exact) mass is 311 g/mol. The number of nitrogens with one attached hydrogen (secondary N) is 1. The summed E-state index contributed by atoms with van der Waals surface area (Å²) in [5, 5.41) is 3.51. The first kappa shape index (κ1) is 14.7. The quantitative estimate of drug-likeness (QED) is 0.333. The number of alkyl halides is 1. The number of rotatable bonds is 6. The zero-order chi connectivity index (χ0) is 11.2. The summed E-state index contributed by atoms with van der Waals surface area (Å²) in [6, 6.07) is 0. The Morgan fingerprint density at radius 3 is 1.93 bits per heavy atom. The lowest BCUT2D eigenvalue weighted by Crippen LogP contribution is -2.33. The van der Waals surface area contributed by atoms with Crippen molar-refractivity contribution in [1.82, 2.24) is 5.32 Å². The van der Waals surface area contributed by atoms with Gasteiger partial charge in [0.25, 0.3) is 0 Å². The first-order valence-electron chi connectivity index (χ1n) is 5.65. The van der Waals surface area contributed by atoms with Gasteiger partial charge < -0.3 is 5.32 Å². The smallest absolute Gasteiger partial charge is 0.0648 e. The summed E-state index contributed by atoms with van der Waals surface area (Å²) in [6.07, 6.45) is 5.38. The zero-order valence-corrected chi connectivity index (χ0v) is 12.6. The number of unbranched alkanes of at least 4 members (excludes halogenated alkanes) is 2. The summed E-state index contributed by atoms with van der Waals surface area (Å²) in [5.41, 5.74) is 0.510. The van der Waals surface area contributed by atoms with Crippen LogP contribution in [-0.4, -0.2) is 10.1 Å². The third-order valence-electron chi connectivity index (χ3n) is 2.15. The van der Waals surface area contributed by atoms with Crippen molar-refractivity contribution in [2.24, 2.45) is 5.41 Å². The van der Waals surface area contributed by atoms with E-state index in [-0.39, 0.29) is 3.55 Å². The van der Waals surface area contributed by atoms with Gasteiger partial charge in [0, 0.05) is 0 Å². The van der Waals surface area contributed by atoms with Crippen LogP contribution in [0.15, 0.2) is 0 Å². The van der Waals surface area contributed by atoms with Crippen LogP contribution in [0, 0.1) is 5.41 Å². The Kier molecular flexibility index (Phi) is 6.62. The Morgan fingerprint density at radius 2 is 1.50 bits per heavy atom. The van der Waals surface area contributed by atoms with Gasteiger partial charge >= 0.3 is 0 Å². The van der Waals surface area contributed by atoms with Crippen molar-refractivity contribution in [3.8, 4) is 0 Å². The van der Waals surface area contributed by atoms with Gasteiger partial charge in [-0.05, 0) is 38.6 Å². The van der Waals surface area contributed by atoms with Crippen LogP contribution < -0.4 is 5.32 Å². The number of halogens is 1. The molecule has 1 nitrogen and oxygen atoms in total. The third-order valence-corrected chi connectivity index (χ3v) is 2.53. The second-order valence-corrected chi connectivity index (χ2v) is 8.47. The van der Waals surface area contributed by atoms with Gasteiger partial charge in [-0.3, -0.25) is 0 Å². The normalized spacial score (nSPS) is 13.3. The van der Waals surface area contributed by atoms with Gasteiger partial charge in [0.15, 0.2) is 0 Å². The highest BCUT2D eigenvalue weighted by atomic mass is 127. The predicted octanol–water partition coefficient (Wildman–Crippen LogP) is 4.35. The Balaban J connectivity index is 3.23. The number of hydrogen-bond donors (Lipinski definition) is 1. The Morgan fingerprint density at radius 1 is 0.929 bits per heavy atom. The Bertz CT molecular complexity index is 123. The number of hydrogen-bond acceptors (Lipinski definition) is 1. The Labute approximate surface area is 104 Å². The van der Waals surface area contributed by atoms with E-state index in [1.807, 2.05) is 0 Å². The second-order valence-electron chi connectivity index (χ2n) is 5.77.